The largest absolute Gasteiger partial charge is 0.339 e. The minimum absolute atomic E-state index is 0.158. The molecule has 2 heterocycles. The van der Waals surface area contributed by atoms with E-state index in [9.17, 15) is 9.59 Å². The molecule has 5 heteroatoms. The van der Waals surface area contributed by atoms with Gasteiger partial charge in [-0.1, -0.05) is 30.3 Å². The summed E-state index contributed by atoms with van der Waals surface area (Å²) in [5, 5.41) is 3.34. The third-order valence-electron chi connectivity index (χ3n) is 5.11. The van der Waals surface area contributed by atoms with Crippen molar-refractivity contribution in [3.63, 3.8) is 0 Å². The van der Waals surface area contributed by atoms with Gasteiger partial charge in [-0.3, -0.25) is 9.59 Å². The van der Waals surface area contributed by atoms with Crippen molar-refractivity contribution in [2.24, 2.45) is 5.92 Å². The summed E-state index contributed by atoms with van der Waals surface area (Å²) in [7, 11) is 0. The molecule has 2 amide bonds. The lowest BCUT2D eigenvalue weighted by Gasteiger charge is -2.35. The van der Waals surface area contributed by atoms with Crippen molar-refractivity contribution in [3.8, 4) is 0 Å². The van der Waals surface area contributed by atoms with E-state index < -0.39 is 0 Å². The quantitative estimate of drug-likeness (QED) is 0.886. The Morgan fingerprint density at radius 1 is 1.00 bits per heavy atom. The predicted octanol–water partition coefficient (Wildman–Crippen LogP) is 1.29. The Morgan fingerprint density at radius 3 is 2.29 bits per heavy atom. The molecule has 3 rings (SSSR count). The molecule has 1 N–H and O–H groups in total. The number of piperazine rings is 1. The van der Waals surface area contributed by atoms with Gasteiger partial charge in [-0.2, -0.15) is 0 Å². The normalized spacial score (nSPS) is 21.1. The monoisotopic (exact) mass is 329 g/mol. The van der Waals surface area contributed by atoms with E-state index >= 15 is 0 Å². The molecule has 2 aliphatic heterocycles. The van der Waals surface area contributed by atoms with Crippen molar-refractivity contribution in [1.29, 1.82) is 0 Å². The van der Waals surface area contributed by atoms with Gasteiger partial charge < -0.3 is 15.1 Å². The second kappa shape index (κ2) is 8.29. The van der Waals surface area contributed by atoms with E-state index in [0.29, 0.717) is 44.9 Å². The van der Waals surface area contributed by atoms with Crippen molar-refractivity contribution >= 4 is 11.8 Å². The van der Waals surface area contributed by atoms with Crippen LogP contribution in [0.2, 0.25) is 0 Å². The first kappa shape index (κ1) is 17.0. The van der Waals surface area contributed by atoms with Gasteiger partial charge in [0, 0.05) is 32.6 Å². The Bertz CT molecular complexity index is 547. The fraction of sp³-hybridized carbons (Fsp3) is 0.579. The zero-order valence-electron chi connectivity index (χ0n) is 14.2. The van der Waals surface area contributed by atoms with Crippen LogP contribution in [0.5, 0.6) is 0 Å². The Hall–Kier alpha value is -1.88. The number of carbonyl (C=O) groups excluding carboxylic acids is 2. The van der Waals surface area contributed by atoms with Crippen molar-refractivity contribution in [2.75, 3.05) is 39.3 Å². The first-order valence-corrected chi connectivity index (χ1v) is 9.02. The van der Waals surface area contributed by atoms with Crippen LogP contribution in [0, 0.1) is 5.92 Å². The van der Waals surface area contributed by atoms with Crippen LogP contribution in [0.3, 0.4) is 0 Å². The van der Waals surface area contributed by atoms with Crippen LogP contribution in [0.25, 0.3) is 0 Å². The molecular weight excluding hydrogens is 302 g/mol. The van der Waals surface area contributed by atoms with Crippen LogP contribution in [-0.2, 0) is 16.0 Å². The van der Waals surface area contributed by atoms with E-state index in [1.165, 1.54) is 6.42 Å². The molecule has 2 aliphatic rings. The SMILES string of the molecule is O=C(CCC1CCNC1)N1CCN(C(=O)Cc2ccccc2)CC1. The maximum absolute atomic E-state index is 12.4. The highest BCUT2D eigenvalue weighted by atomic mass is 16.2. The third kappa shape index (κ3) is 4.57. The minimum Gasteiger partial charge on any atom is -0.339 e. The second-order valence-electron chi connectivity index (χ2n) is 6.82. The molecule has 24 heavy (non-hydrogen) atoms. The van der Waals surface area contributed by atoms with Gasteiger partial charge in [0.05, 0.1) is 6.42 Å². The molecule has 0 aliphatic carbocycles. The zero-order valence-corrected chi connectivity index (χ0v) is 14.2. The Kier molecular flexibility index (Phi) is 5.86. The number of amides is 2. The molecule has 0 radical (unpaired) electrons. The van der Waals surface area contributed by atoms with E-state index in [1.807, 2.05) is 40.1 Å². The van der Waals surface area contributed by atoms with Gasteiger partial charge in [0.1, 0.15) is 0 Å². The van der Waals surface area contributed by atoms with E-state index in [2.05, 4.69) is 5.32 Å². The number of nitrogens with zero attached hydrogens (tertiary/aromatic N) is 2. The third-order valence-corrected chi connectivity index (χ3v) is 5.11. The first-order valence-electron chi connectivity index (χ1n) is 9.02. The van der Waals surface area contributed by atoms with Crippen LogP contribution < -0.4 is 5.32 Å². The number of hydrogen-bond donors (Lipinski definition) is 1. The summed E-state index contributed by atoms with van der Waals surface area (Å²) in [6.07, 6.45) is 3.27. The van der Waals surface area contributed by atoms with Gasteiger partial charge in [0.15, 0.2) is 0 Å². The van der Waals surface area contributed by atoms with Crippen LogP contribution in [0.15, 0.2) is 30.3 Å². The van der Waals surface area contributed by atoms with E-state index in [1.54, 1.807) is 0 Å². The van der Waals surface area contributed by atoms with Crippen molar-refractivity contribution in [3.05, 3.63) is 35.9 Å². The summed E-state index contributed by atoms with van der Waals surface area (Å²) in [5.41, 5.74) is 1.05. The van der Waals surface area contributed by atoms with E-state index in [4.69, 9.17) is 0 Å². The number of carbonyl (C=O) groups is 2. The molecule has 1 aromatic carbocycles. The average Bonchev–Trinajstić information content (AvgIpc) is 3.14. The second-order valence-corrected chi connectivity index (χ2v) is 6.82. The highest BCUT2D eigenvalue weighted by Gasteiger charge is 2.25. The number of benzene rings is 1. The minimum atomic E-state index is 0.158. The molecule has 1 aromatic rings. The van der Waals surface area contributed by atoms with Gasteiger partial charge in [-0.25, -0.2) is 0 Å². The van der Waals surface area contributed by atoms with Crippen molar-refractivity contribution in [1.82, 2.24) is 15.1 Å². The summed E-state index contributed by atoms with van der Waals surface area (Å²) < 4.78 is 0. The molecule has 5 nitrogen and oxygen atoms in total. The van der Waals surface area contributed by atoms with Gasteiger partial charge in [-0.05, 0) is 37.4 Å². The highest BCUT2D eigenvalue weighted by molar-refractivity contribution is 5.80. The number of rotatable bonds is 5. The molecule has 0 aromatic heterocycles. The highest BCUT2D eigenvalue weighted by Crippen LogP contribution is 2.16. The van der Waals surface area contributed by atoms with Gasteiger partial charge >= 0.3 is 0 Å². The van der Waals surface area contributed by atoms with Crippen LogP contribution in [-0.4, -0.2) is 60.9 Å². The Morgan fingerprint density at radius 2 is 1.67 bits per heavy atom. The molecule has 0 bridgehead atoms. The van der Waals surface area contributed by atoms with Crippen LogP contribution >= 0.6 is 0 Å². The van der Waals surface area contributed by atoms with E-state index in [0.717, 1.165) is 25.1 Å². The summed E-state index contributed by atoms with van der Waals surface area (Å²) in [6.45, 7) is 4.78. The molecular formula is C19H27N3O2. The molecule has 0 spiro atoms. The molecule has 1 atom stereocenters. The van der Waals surface area contributed by atoms with Gasteiger partial charge in [0.2, 0.25) is 11.8 Å². The number of nitrogens with one attached hydrogen (secondary N) is 1. The lowest BCUT2D eigenvalue weighted by molar-refractivity contribution is -0.139. The predicted molar refractivity (Wildman–Crippen MR) is 93.5 cm³/mol. The van der Waals surface area contributed by atoms with Gasteiger partial charge in [0.25, 0.3) is 0 Å². The fourth-order valence-corrected chi connectivity index (χ4v) is 3.53. The Balaban J connectivity index is 1.40. The molecule has 1 unspecified atom stereocenters. The zero-order chi connectivity index (χ0) is 16.8. The molecule has 0 saturated carbocycles. The van der Waals surface area contributed by atoms with Crippen LogP contribution in [0.4, 0.5) is 0 Å². The summed E-state index contributed by atoms with van der Waals surface area (Å²) >= 11 is 0. The fourth-order valence-electron chi connectivity index (χ4n) is 3.53. The molecule has 2 fully saturated rings. The summed E-state index contributed by atoms with van der Waals surface area (Å²) in [5.74, 6) is 1.06. The van der Waals surface area contributed by atoms with Crippen molar-refractivity contribution < 1.29 is 9.59 Å². The summed E-state index contributed by atoms with van der Waals surface area (Å²) in [6, 6.07) is 9.84. The lowest BCUT2D eigenvalue weighted by Crippen LogP contribution is -2.51. The lowest BCUT2D eigenvalue weighted by atomic mass is 10.0. The average molecular weight is 329 g/mol. The number of hydrogen-bond acceptors (Lipinski definition) is 3. The maximum atomic E-state index is 12.4. The van der Waals surface area contributed by atoms with Crippen molar-refractivity contribution in [2.45, 2.75) is 25.7 Å². The van der Waals surface area contributed by atoms with E-state index in [-0.39, 0.29) is 11.8 Å². The maximum Gasteiger partial charge on any atom is 0.227 e. The standard InChI is InChI=1S/C19H27N3O2/c23-18(7-6-17-8-9-20-15-17)21-10-12-22(13-11-21)19(24)14-16-4-2-1-3-5-16/h1-5,17,20H,6-15H2. The summed E-state index contributed by atoms with van der Waals surface area (Å²) in [4.78, 5) is 28.5. The first-order chi connectivity index (χ1) is 11.7. The molecule has 130 valence electrons. The Labute approximate surface area is 144 Å². The van der Waals surface area contributed by atoms with Gasteiger partial charge in [-0.15, -0.1) is 0 Å². The topological polar surface area (TPSA) is 52.7 Å². The smallest absolute Gasteiger partial charge is 0.227 e. The van der Waals surface area contributed by atoms with Crippen LogP contribution in [0.1, 0.15) is 24.8 Å². The molecule has 2 saturated heterocycles.